The summed E-state index contributed by atoms with van der Waals surface area (Å²) in [5.74, 6) is 0.988. The molecule has 0 unspecified atom stereocenters. The molecule has 0 fully saturated rings. The third kappa shape index (κ3) is 3.96. The number of ether oxygens (including phenoxy) is 1. The Hall–Kier alpha value is -1.39. The van der Waals surface area contributed by atoms with Crippen LogP contribution in [0.25, 0.3) is 0 Å². The zero-order chi connectivity index (χ0) is 18.9. The monoisotopic (exact) mass is 432 g/mol. The molecule has 0 N–H and O–H groups in total. The fraction of sp³-hybridized carbons (Fsp3) is 0.391. The van der Waals surface area contributed by atoms with E-state index in [0.29, 0.717) is 6.61 Å². The maximum atomic E-state index is 6.34. The second-order valence-electron chi connectivity index (χ2n) is 8.25. The summed E-state index contributed by atoms with van der Waals surface area (Å²) >= 11 is 6.02. The topological polar surface area (TPSA) is 9.23 Å². The molecule has 0 amide bonds. The summed E-state index contributed by atoms with van der Waals surface area (Å²) in [6, 6.07) is 12.3. The van der Waals surface area contributed by atoms with Crippen LogP contribution in [0.15, 0.2) is 36.4 Å². The zero-order valence-electron chi connectivity index (χ0n) is 15.9. The fourth-order valence-electron chi connectivity index (χ4n) is 3.69. The van der Waals surface area contributed by atoms with Crippen LogP contribution >= 0.6 is 11.6 Å². The van der Waals surface area contributed by atoms with E-state index in [1.165, 1.54) is 22.0 Å². The van der Waals surface area contributed by atoms with E-state index in [0.717, 1.165) is 22.8 Å². The van der Waals surface area contributed by atoms with E-state index >= 15 is 0 Å². The van der Waals surface area contributed by atoms with Crippen LogP contribution in [0.3, 0.4) is 0 Å². The molecule has 0 saturated heterocycles. The fourth-order valence-corrected chi connectivity index (χ4v) is 4.82. The summed E-state index contributed by atoms with van der Waals surface area (Å²) in [4.78, 5) is 2.84. The number of hydrogen-bond donors (Lipinski definition) is 0. The molecule has 3 rings (SSSR count). The van der Waals surface area contributed by atoms with Gasteiger partial charge in [0.1, 0.15) is 0 Å². The van der Waals surface area contributed by atoms with Crippen LogP contribution in [0.5, 0.6) is 5.75 Å². The first kappa shape index (κ1) is 19.4. The van der Waals surface area contributed by atoms with Crippen molar-refractivity contribution < 1.29 is 4.74 Å². The van der Waals surface area contributed by atoms with Gasteiger partial charge >= 0.3 is 169 Å². The molecule has 26 heavy (non-hydrogen) atoms. The molecular formula is C23H25ClOSe. The Kier molecular flexibility index (Phi) is 5.45. The number of hydrogen-bond acceptors (Lipinski definition) is 1. The van der Waals surface area contributed by atoms with Crippen LogP contribution in [0.4, 0.5) is 0 Å². The molecule has 1 aliphatic rings. The zero-order valence-corrected chi connectivity index (χ0v) is 18.3. The molecule has 0 radical (unpaired) electrons. The Morgan fingerprint density at radius 1 is 1.08 bits per heavy atom. The van der Waals surface area contributed by atoms with Gasteiger partial charge in [-0.2, -0.15) is 0 Å². The average Bonchev–Trinajstić information content (AvgIpc) is 2.58. The van der Waals surface area contributed by atoms with Crippen LogP contribution in [-0.4, -0.2) is 15.0 Å². The summed E-state index contributed by atoms with van der Waals surface area (Å²) in [5.41, 5.74) is 4.10. The van der Waals surface area contributed by atoms with E-state index in [-0.39, 0.29) is 25.8 Å². The molecule has 0 aromatic heterocycles. The Labute approximate surface area is 168 Å². The van der Waals surface area contributed by atoms with Crippen LogP contribution < -0.4 is 9.20 Å². The van der Waals surface area contributed by atoms with Gasteiger partial charge in [0.25, 0.3) is 0 Å². The second-order valence-corrected chi connectivity index (χ2v) is 10.6. The van der Waals surface area contributed by atoms with Gasteiger partial charge in [-0.1, -0.05) is 0 Å². The molecule has 0 bridgehead atoms. The van der Waals surface area contributed by atoms with Crippen molar-refractivity contribution in [1.29, 1.82) is 0 Å². The van der Waals surface area contributed by atoms with E-state index in [1.807, 2.05) is 24.3 Å². The molecule has 136 valence electrons. The molecule has 0 heterocycles. The van der Waals surface area contributed by atoms with Crippen molar-refractivity contribution in [2.24, 2.45) is 0 Å². The third-order valence-corrected chi connectivity index (χ3v) is 6.83. The van der Waals surface area contributed by atoms with Crippen molar-refractivity contribution in [2.75, 3.05) is 0 Å². The van der Waals surface area contributed by atoms with E-state index in [2.05, 4.69) is 44.6 Å². The van der Waals surface area contributed by atoms with E-state index in [9.17, 15) is 0 Å². The molecule has 0 atom stereocenters. The number of benzene rings is 2. The summed E-state index contributed by atoms with van der Waals surface area (Å²) in [7, 11) is 0. The van der Waals surface area contributed by atoms with Gasteiger partial charge in [0.2, 0.25) is 0 Å². The quantitative estimate of drug-likeness (QED) is 0.478. The minimum absolute atomic E-state index is 0.0328. The Balaban J connectivity index is 2.03. The standard InChI is InChI=1S/C23H25ClOSe/c1-6-26-18-13-19-21(23(4,5)12-11-22(19,2)3)20(14-18)25-15-16-7-9-17(24)10-8-16/h1,7-10,13-14H,11-12,15H2,2-5H3. The SMILES string of the molecule is C#C[Se]c1cc(OCc2ccc(Cl)cc2)c2c(c1)C(C)(C)CCC2(C)C. The number of halogens is 1. The molecule has 2 aromatic rings. The van der Waals surface area contributed by atoms with Crippen LogP contribution in [0.2, 0.25) is 5.02 Å². The minimum atomic E-state index is 0.0328. The van der Waals surface area contributed by atoms with Gasteiger partial charge in [0, 0.05) is 0 Å². The molecule has 0 saturated carbocycles. The Morgan fingerprint density at radius 3 is 2.38 bits per heavy atom. The molecule has 3 heteroatoms. The van der Waals surface area contributed by atoms with Gasteiger partial charge in [0.05, 0.1) is 0 Å². The second kappa shape index (κ2) is 7.32. The first-order valence-electron chi connectivity index (χ1n) is 8.92. The van der Waals surface area contributed by atoms with Crippen molar-refractivity contribution in [3.05, 3.63) is 58.1 Å². The Morgan fingerprint density at radius 2 is 1.73 bits per heavy atom. The van der Waals surface area contributed by atoms with Gasteiger partial charge in [-0.15, -0.1) is 0 Å². The van der Waals surface area contributed by atoms with Gasteiger partial charge in [-0.3, -0.25) is 0 Å². The van der Waals surface area contributed by atoms with Crippen molar-refractivity contribution in [2.45, 2.75) is 58.0 Å². The van der Waals surface area contributed by atoms with Crippen LogP contribution in [-0.2, 0) is 17.4 Å². The van der Waals surface area contributed by atoms with Crippen molar-refractivity contribution in [3.63, 3.8) is 0 Å². The summed E-state index contributed by atoms with van der Waals surface area (Å²) in [6.45, 7) is 9.84. The first-order chi connectivity index (χ1) is 12.2. The first-order valence-corrected chi connectivity index (χ1v) is 11.0. The van der Waals surface area contributed by atoms with E-state index in [4.69, 9.17) is 22.8 Å². The molecule has 1 nitrogen and oxygen atoms in total. The molecule has 0 aliphatic heterocycles. The van der Waals surface area contributed by atoms with E-state index < -0.39 is 0 Å². The van der Waals surface area contributed by atoms with Crippen molar-refractivity contribution in [3.8, 4) is 17.0 Å². The predicted molar refractivity (Wildman–Crippen MR) is 112 cm³/mol. The van der Waals surface area contributed by atoms with Crippen molar-refractivity contribution in [1.82, 2.24) is 0 Å². The molecule has 0 spiro atoms. The van der Waals surface area contributed by atoms with Crippen LogP contribution in [0.1, 0.15) is 57.2 Å². The number of fused-ring (bicyclic) bond motifs is 1. The van der Waals surface area contributed by atoms with Gasteiger partial charge in [-0.25, -0.2) is 0 Å². The molecule has 1 aliphatic carbocycles. The van der Waals surface area contributed by atoms with Crippen LogP contribution in [0, 0.1) is 11.2 Å². The number of terminal acetylenes is 1. The normalized spacial score (nSPS) is 17.2. The average molecular weight is 432 g/mol. The van der Waals surface area contributed by atoms with Gasteiger partial charge in [-0.05, 0) is 0 Å². The van der Waals surface area contributed by atoms with Crippen molar-refractivity contribution >= 4 is 31.0 Å². The summed E-state index contributed by atoms with van der Waals surface area (Å²) in [5, 5.41) is 0.743. The maximum absolute atomic E-state index is 6.34. The summed E-state index contributed by atoms with van der Waals surface area (Å²) < 4.78 is 7.56. The van der Waals surface area contributed by atoms with E-state index in [1.54, 1.807) is 0 Å². The Bertz CT molecular complexity index is 844. The summed E-state index contributed by atoms with van der Waals surface area (Å²) in [6.07, 6.45) is 7.94. The molecular weight excluding hydrogens is 407 g/mol. The molecule has 2 aromatic carbocycles. The van der Waals surface area contributed by atoms with Gasteiger partial charge in [0.15, 0.2) is 0 Å². The third-order valence-electron chi connectivity index (χ3n) is 5.34. The predicted octanol–water partition coefficient (Wildman–Crippen LogP) is 5.19. The number of rotatable bonds is 4. The van der Waals surface area contributed by atoms with Gasteiger partial charge < -0.3 is 0 Å².